The van der Waals surface area contributed by atoms with Gasteiger partial charge in [0, 0.05) is 46.9 Å². The molecular weight excluding hydrogens is 388 g/mol. The molecule has 0 saturated heterocycles. The Hall–Kier alpha value is -2.98. The van der Waals surface area contributed by atoms with E-state index in [2.05, 4.69) is 65.6 Å². The maximum atomic E-state index is 13.2. The average Bonchev–Trinajstić information content (AvgIpc) is 3.37. The van der Waals surface area contributed by atoms with E-state index in [9.17, 15) is 4.79 Å². The van der Waals surface area contributed by atoms with E-state index < -0.39 is 0 Å². The summed E-state index contributed by atoms with van der Waals surface area (Å²) in [6.07, 6.45) is 5.83. The molecular formula is C26H24N2OS. The second-order valence-corrected chi connectivity index (χ2v) is 9.81. The van der Waals surface area contributed by atoms with E-state index in [-0.39, 0.29) is 11.2 Å². The van der Waals surface area contributed by atoms with Crippen molar-refractivity contribution in [3.63, 3.8) is 0 Å². The maximum Gasteiger partial charge on any atom is 0.165 e. The predicted octanol–water partition coefficient (Wildman–Crippen LogP) is 6.55. The van der Waals surface area contributed by atoms with Crippen LogP contribution in [0.4, 0.5) is 0 Å². The van der Waals surface area contributed by atoms with Gasteiger partial charge in [-0.15, -0.1) is 11.3 Å². The van der Waals surface area contributed by atoms with Gasteiger partial charge in [-0.05, 0) is 52.1 Å². The Kier molecular flexibility index (Phi) is 4.67. The molecule has 0 bridgehead atoms. The molecule has 0 spiro atoms. The number of hydrogen-bond donors (Lipinski definition) is 1. The summed E-state index contributed by atoms with van der Waals surface area (Å²) in [5.41, 5.74) is 7.65. The van der Waals surface area contributed by atoms with Crippen molar-refractivity contribution in [2.45, 2.75) is 33.1 Å². The number of rotatable bonds is 4. The highest BCUT2D eigenvalue weighted by molar-refractivity contribution is 7.13. The van der Waals surface area contributed by atoms with Crippen molar-refractivity contribution < 1.29 is 4.79 Å². The summed E-state index contributed by atoms with van der Waals surface area (Å²) in [5, 5.41) is 2.10. The topological polar surface area (TPSA) is 45.8 Å². The van der Waals surface area contributed by atoms with Gasteiger partial charge in [-0.25, -0.2) is 0 Å². The minimum Gasteiger partial charge on any atom is -0.358 e. The molecule has 4 heteroatoms. The maximum absolute atomic E-state index is 13.2. The van der Waals surface area contributed by atoms with E-state index in [1.165, 1.54) is 16.0 Å². The third kappa shape index (κ3) is 3.52. The molecule has 3 heterocycles. The van der Waals surface area contributed by atoms with Gasteiger partial charge in [0.05, 0.1) is 5.69 Å². The first-order chi connectivity index (χ1) is 14.5. The average molecular weight is 413 g/mol. The largest absolute Gasteiger partial charge is 0.358 e. The molecule has 150 valence electrons. The number of nitrogens with zero attached hydrogens (tertiary/aromatic N) is 1. The number of aromatic nitrogens is 2. The molecule has 0 fully saturated rings. The van der Waals surface area contributed by atoms with Gasteiger partial charge in [0.15, 0.2) is 5.78 Å². The van der Waals surface area contributed by atoms with Gasteiger partial charge in [0.2, 0.25) is 0 Å². The highest BCUT2D eigenvalue weighted by Gasteiger charge is 2.35. The van der Waals surface area contributed by atoms with E-state index in [0.717, 1.165) is 40.9 Å². The van der Waals surface area contributed by atoms with Crippen LogP contribution < -0.4 is 0 Å². The second-order valence-electron chi connectivity index (χ2n) is 8.86. The quantitative estimate of drug-likeness (QED) is 0.413. The molecule has 0 aliphatic heterocycles. The van der Waals surface area contributed by atoms with Gasteiger partial charge in [-0.3, -0.25) is 9.78 Å². The van der Waals surface area contributed by atoms with E-state index in [1.54, 1.807) is 11.3 Å². The third-order valence-electron chi connectivity index (χ3n) is 5.84. The van der Waals surface area contributed by atoms with Crippen molar-refractivity contribution >= 4 is 17.1 Å². The van der Waals surface area contributed by atoms with E-state index in [0.29, 0.717) is 6.42 Å². The molecule has 0 amide bonds. The number of nitrogens with one attached hydrogen (secondary N) is 1. The van der Waals surface area contributed by atoms with Crippen LogP contribution >= 0.6 is 11.3 Å². The molecule has 1 N–H and O–H groups in total. The minimum atomic E-state index is -0.0131. The number of carbonyl (C=O) groups is 1. The lowest BCUT2D eigenvalue weighted by Gasteiger charge is -2.28. The summed E-state index contributed by atoms with van der Waals surface area (Å²) in [5.74, 6) is 0.252. The molecule has 0 atom stereocenters. The SMILES string of the molecule is CC1(C)CC(=O)c2c([nH]c(-c3ccncc3)c2Cc2cccc(-c3cccs3)c2)C1. The third-order valence-corrected chi connectivity index (χ3v) is 6.76. The van der Waals surface area contributed by atoms with Crippen molar-refractivity contribution in [3.8, 4) is 21.7 Å². The molecule has 4 aromatic rings. The summed E-state index contributed by atoms with van der Waals surface area (Å²) in [7, 11) is 0. The first kappa shape index (κ1) is 19.0. The molecule has 0 saturated carbocycles. The molecule has 3 aromatic heterocycles. The molecule has 3 nitrogen and oxygen atoms in total. The van der Waals surface area contributed by atoms with Gasteiger partial charge in [-0.2, -0.15) is 0 Å². The van der Waals surface area contributed by atoms with Crippen LogP contribution in [0.25, 0.3) is 21.7 Å². The Labute approximate surface area is 180 Å². The summed E-state index contributed by atoms with van der Waals surface area (Å²) >= 11 is 1.75. The molecule has 30 heavy (non-hydrogen) atoms. The van der Waals surface area contributed by atoms with Crippen molar-refractivity contribution in [1.82, 2.24) is 9.97 Å². The van der Waals surface area contributed by atoms with E-state index >= 15 is 0 Å². The lowest BCUT2D eigenvalue weighted by Crippen LogP contribution is -2.27. The summed E-state index contributed by atoms with van der Waals surface area (Å²) in [6.45, 7) is 4.34. The lowest BCUT2D eigenvalue weighted by atomic mass is 9.75. The number of fused-ring (bicyclic) bond motifs is 1. The van der Waals surface area contributed by atoms with Crippen LogP contribution in [0.1, 0.15) is 47.4 Å². The van der Waals surface area contributed by atoms with Gasteiger partial charge in [-0.1, -0.05) is 44.2 Å². The van der Waals surface area contributed by atoms with Crippen molar-refractivity contribution in [2.24, 2.45) is 5.41 Å². The minimum absolute atomic E-state index is 0.0131. The Morgan fingerprint density at radius 1 is 1.03 bits per heavy atom. The van der Waals surface area contributed by atoms with Gasteiger partial charge < -0.3 is 4.98 Å². The normalized spacial score (nSPS) is 15.2. The van der Waals surface area contributed by atoms with Gasteiger partial charge in [0.25, 0.3) is 0 Å². The second kappa shape index (κ2) is 7.37. The highest BCUT2D eigenvalue weighted by Crippen LogP contribution is 2.40. The molecule has 0 radical (unpaired) electrons. The zero-order valence-corrected chi connectivity index (χ0v) is 18.1. The number of carbonyl (C=O) groups excluding carboxylic acids is 1. The van der Waals surface area contributed by atoms with Crippen LogP contribution in [-0.2, 0) is 12.8 Å². The number of aromatic amines is 1. The standard InChI is InChI=1S/C26H24N2OS/c1-26(2)15-21-24(22(29)16-26)20(25(28-21)18-8-10-27-11-9-18)14-17-5-3-6-19(13-17)23-7-4-12-30-23/h3-13,28H,14-16H2,1-2H3. The van der Waals surface area contributed by atoms with Crippen LogP contribution in [0.15, 0.2) is 66.3 Å². The van der Waals surface area contributed by atoms with Crippen LogP contribution in [-0.4, -0.2) is 15.8 Å². The Bertz CT molecular complexity index is 1200. The van der Waals surface area contributed by atoms with E-state index in [4.69, 9.17) is 0 Å². The van der Waals surface area contributed by atoms with E-state index in [1.807, 2.05) is 24.5 Å². The fourth-order valence-corrected chi connectivity index (χ4v) is 5.28. The summed E-state index contributed by atoms with van der Waals surface area (Å²) < 4.78 is 0. The predicted molar refractivity (Wildman–Crippen MR) is 123 cm³/mol. The number of hydrogen-bond acceptors (Lipinski definition) is 3. The van der Waals surface area contributed by atoms with Crippen LogP contribution in [0.3, 0.4) is 0 Å². The highest BCUT2D eigenvalue weighted by atomic mass is 32.1. The van der Waals surface area contributed by atoms with Crippen LogP contribution in [0.5, 0.6) is 0 Å². The number of thiophene rings is 1. The molecule has 1 aromatic carbocycles. The van der Waals surface area contributed by atoms with Crippen molar-refractivity contribution in [3.05, 3.63) is 88.7 Å². The van der Waals surface area contributed by atoms with Crippen molar-refractivity contribution in [2.75, 3.05) is 0 Å². The Balaban J connectivity index is 1.62. The van der Waals surface area contributed by atoms with Crippen molar-refractivity contribution in [1.29, 1.82) is 0 Å². The van der Waals surface area contributed by atoms with Crippen LogP contribution in [0, 0.1) is 5.41 Å². The number of H-pyrrole nitrogens is 1. The number of Topliss-reactive ketones (excluding diaryl/α,β-unsaturated/α-hetero) is 1. The van der Waals surface area contributed by atoms with Crippen LogP contribution in [0.2, 0.25) is 0 Å². The first-order valence-electron chi connectivity index (χ1n) is 10.3. The molecule has 1 aliphatic rings. The summed E-state index contributed by atoms with van der Waals surface area (Å²) in [4.78, 5) is 22.2. The zero-order valence-electron chi connectivity index (χ0n) is 17.2. The lowest BCUT2D eigenvalue weighted by molar-refractivity contribution is 0.0911. The Morgan fingerprint density at radius 2 is 1.87 bits per heavy atom. The fraction of sp³-hybridized carbons (Fsp3) is 0.231. The Morgan fingerprint density at radius 3 is 2.63 bits per heavy atom. The number of ketones is 1. The van der Waals surface area contributed by atoms with Gasteiger partial charge >= 0.3 is 0 Å². The number of pyridine rings is 1. The summed E-state index contributed by atoms with van der Waals surface area (Å²) in [6, 6.07) is 16.9. The molecule has 1 aliphatic carbocycles. The monoisotopic (exact) mass is 412 g/mol. The zero-order chi connectivity index (χ0) is 20.7. The van der Waals surface area contributed by atoms with Gasteiger partial charge in [0.1, 0.15) is 0 Å². The fourth-order valence-electron chi connectivity index (χ4n) is 4.55. The molecule has 0 unspecified atom stereocenters. The number of benzene rings is 1. The smallest absolute Gasteiger partial charge is 0.165 e. The first-order valence-corrected chi connectivity index (χ1v) is 11.2. The molecule has 5 rings (SSSR count).